The smallest absolute Gasteiger partial charge is 0.264 e. The van der Waals surface area contributed by atoms with Gasteiger partial charge in [0.25, 0.3) is 0 Å². The van der Waals surface area contributed by atoms with Crippen LogP contribution in [0.2, 0.25) is 5.02 Å². The van der Waals surface area contributed by atoms with Gasteiger partial charge in [-0.05, 0) is 18.6 Å². The molecule has 1 heterocycles. The molecule has 0 saturated carbocycles. The van der Waals surface area contributed by atoms with Crippen LogP contribution in [0.1, 0.15) is 5.56 Å². The van der Waals surface area contributed by atoms with Gasteiger partial charge in [-0.15, -0.1) is 0 Å². The summed E-state index contributed by atoms with van der Waals surface area (Å²) in [6, 6.07) is 3.18. The maximum atomic E-state index is 12.9. The van der Waals surface area contributed by atoms with Crippen LogP contribution in [0.5, 0.6) is 0 Å². The van der Waals surface area contributed by atoms with Crippen molar-refractivity contribution < 1.29 is 12.3 Å². The van der Waals surface area contributed by atoms with Gasteiger partial charge in [-0.25, -0.2) is 0 Å². The van der Waals surface area contributed by atoms with Crippen molar-refractivity contribution in [2.75, 3.05) is 0 Å². The van der Waals surface area contributed by atoms with Crippen LogP contribution in [0.3, 0.4) is 0 Å². The number of fused-ring (bicyclic) bond motifs is 1. The van der Waals surface area contributed by atoms with E-state index in [-0.39, 0.29) is 15.9 Å². The second kappa shape index (κ2) is 3.18. The van der Waals surface area contributed by atoms with Crippen molar-refractivity contribution in [1.82, 2.24) is 10.2 Å². The molecule has 0 atom stereocenters. The van der Waals surface area contributed by atoms with E-state index in [1.165, 1.54) is 0 Å². The molecule has 0 amide bonds. The van der Waals surface area contributed by atoms with E-state index >= 15 is 0 Å². The van der Waals surface area contributed by atoms with E-state index < -0.39 is 15.2 Å². The molecule has 2 rings (SSSR count). The van der Waals surface area contributed by atoms with E-state index in [1.807, 2.05) is 0 Å². The van der Waals surface area contributed by atoms with Crippen molar-refractivity contribution in [1.29, 1.82) is 0 Å². The van der Waals surface area contributed by atoms with E-state index in [9.17, 15) is 12.3 Å². The number of benzene rings is 1. The number of hydrogen-bond donors (Lipinski definition) is 1. The summed E-state index contributed by atoms with van der Waals surface area (Å²) in [6.45, 7) is 1.66. The average molecular weight is 249 g/mol. The first-order chi connectivity index (χ1) is 6.91. The SMILES string of the molecule is Cc1ccc(Cl)c2n[nH]c(S(=O)(=O)F)c12. The van der Waals surface area contributed by atoms with Crippen molar-refractivity contribution in [3.63, 3.8) is 0 Å². The Morgan fingerprint density at radius 1 is 1.47 bits per heavy atom. The summed E-state index contributed by atoms with van der Waals surface area (Å²) in [5.74, 6) is 0. The van der Waals surface area contributed by atoms with Gasteiger partial charge in [-0.1, -0.05) is 21.6 Å². The van der Waals surface area contributed by atoms with Gasteiger partial charge in [0.2, 0.25) is 0 Å². The molecule has 2 aromatic rings. The molecular formula is C8H6ClFN2O2S. The maximum Gasteiger partial charge on any atom is 0.349 e. The molecular weight excluding hydrogens is 243 g/mol. The zero-order valence-electron chi connectivity index (χ0n) is 7.58. The highest BCUT2D eigenvalue weighted by Crippen LogP contribution is 2.29. The van der Waals surface area contributed by atoms with E-state index in [0.29, 0.717) is 5.56 Å². The van der Waals surface area contributed by atoms with Crippen molar-refractivity contribution >= 4 is 32.7 Å². The highest BCUT2D eigenvalue weighted by molar-refractivity contribution is 7.86. The second-order valence-electron chi connectivity index (χ2n) is 3.08. The summed E-state index contributed by atoms with van der Waals surface area (Å²) in [7, 11) is -4.80. The largest absolute Gasteiger partial charge is 0.349 e. The quantitative estimate of drug-likeness (QED) is 0.787. The van der Waals surface area contributed by atoms with Crippen LogP contribution < -0.4 is 0 Å². The lowest BCUT2D eigenvalue weighted by Gasteiger charge is -1.97. The Morgan fingerprint density at radius 3 is 2.73 bits per heavy atom. The number of aromatic nitrogens is 2. The Kier molecular flexibility index (Phi) is 2.20. The van der Waals surface area contributed by atoms with Crippen molar-refractivity contribution in [2.45, 2.75) is 11.9 Å². The van der Waals surface area contributed by atoms with Gasteiger partial charge < -0.3 is 0 Å². The van der Waals surface area contributed by atoms with Gasteiger partial charge >= 0.3 is 10.2 Å². The van der Waals surface area contributed by atoms with Gasteiger partial charge in [0.15, 0.2) is 5.03 Å². The molecule has 0 spiro atoms. The fraction of sp³-hybridized carbons (Fsp3) is 0.125. The molecule has 0 radical (unpaired) electrons. The molecule has 15 heavy (non-hydrogen) atoms. The van der Waals surface area contributed by atoms with Gasteiger partial charge in [-0.3, -0.25) is 5.10 Å². The first kappa shape index (κ1) is 10.4. The Labute approximate surface area is 90.3 Å². The highest BCUT2D eigenvalue weighted by Gasteiger charge is 2.21. The molecule has 0 fully saturated rings. The van der Waals surface area contributed by atoms with Gasteiger partial charge in [0.1, 0.15) is 5.52 Å². The van der Waals surface area contributed by atoms with Crippen LogP contribution in [-0.4, -0.2) is 18.6 Å². The molecule has 0 saturated heterocycles. The highest BCUT2D eigenvalue weighted by atomic mass is 35.5. The van der Waals surface area contributed by atoms with E-state index in [0.717, 1.165) is 0 Å². The lowest BCUT2D eigenvalue weighted by Crippen LogP contribution is -1.93. The minimum atomic E-state index is -4.80. The molecule has 0 bridgehead atoms. The molecule has 1 N–H and O–H groups in total. The third-order valence-electron chi connectivity index (χ3n) is 2.08. The molecule has 80 valence electrons. The Balaban J connectivity index is 2.98. The number of halogens is 2. The molecule has 0 aliphatic heterocycles. The van der Waals surface area contributed by atoms with Crippen LogP contribution in [0.15, 0.2) is 17.2 Å². The third-order valence-corrected chi connectivity index (χ3v) is 3.17. The third kappa shape index (κ3) is 1.59. The molecule has 0 aliphatic carbocycles. The first-order valence-electron chi connectivity index (χ1n) is 3.99. The predicted octanol–water partition coefficient (Wildman–Crippen LogP) is 2.18. The summed E-state index contributed by atoms with van der Waals surface area (Å²) in [5, 5.41) is 5.74. The standard InChI is InChI=1S/C8H6ClFN2O2S/c1-4-2-3-5(9)7-6(4)8(12-11-7)15(10,13)14/h2-3H,1H3,(H,11,12). The Hall–Kier alpha value is -1.14. The van der Waals surface area contributed by atoms with Gasteiger partial charge in [0.05, 0.1) is 5.02 Å². The Morgan fingerprint density at radius 2 is 2.13 bits per heavy atom. The average Bonchev–Trinajstić information content (AvgIpc) is 2.55. The van der Waals surface area contributed by atoms with Crippen LogP contribution in [0, 0.1) is 6.92 Å². The number of aromatic amines is 1. The van der Waals surface area contributed by atoms with Crippen LogP contribution in [-0.2, 0) is 10.2 Å². The lowest BCUT2D eigenvalue weighted by molar-refractivity contribution is 0.548. The second-order valence-corrected chi connectivity index (χ2v) is 4.77. The summed E-state index contributed by atoms with van der Waals surface area (Å²) < 4.78 is 34.4. The normalized spacial score (nSPS) is 12.2. The summed E-state index contributed by atoms with van der Waals surface area (Å²) in [5.41, 5.74) is 0.854. The monoisotopic (exact) mass is 248 g/mol. The molecule has 0 unspecified atom stereocenters. The first-order valence-corrected chi connectivity index (χ1v) is 5.75. The predicted molar refractivity (Wildman–Crippen MR) is 54.1 cm³/mol. The van der Waals surface area contributed by atoms with E-state index in [2.05, 4.69) is 10.2 Å². The lowest BCUT2D eigenvalue weighted by atomic mass is 10.1. The van der Waals surface area contributed by atoms with Crippen LogP contribution >= 0.6 is 11.6 Å². The summed E-state index contributed by atoms with van der Waals surface area (Å²) in [4.78, 5) is 0. The van der Waals surface area contributed by atoms with Gasteiger partial charge in [-0.2, -0.15) is 13.5 Å². The molecule has 7 heteroatoms. The van der Waals surface area contributed by atoms with E-state index in [1.54, 1.807) is 19.1 Å². The maximum absolute atomic E-state index is 12.9. The number of nitrogens with zero attached hydrogens (tertiary/aromatic N) is 1. The van der Waals surface area contributed by atoms with Crippen LogP contribution in [0.25, 0.3) is 10.9 Å². The minimum Gasteiger partial charge on any atom is -0.264 e. The molecule has 1 aromatic carbocycles. The topological polar surface area (TPSA) is 62.8 Å². The van der Waals surface area contributed by atoms with Crippen molar-refractivity contribution in [3.8, 4) is 0 Å². The van der Waals surface area contributed by atoms with E-state index in [4.69, 9.17) is 11.6 Å². The number of aryl methyl sites for hydroxylation is 1. The molecule has 1 aromatic heterocycles. The van der Waals surface area contributed by atoms with Gasteiger partial charge in [0, 0.05) is 5.39 Å². The zero-order valence-corrected chi connectivity index (χ0v) is 9.16. The summed E-state index contributed by atoms with van der Waals surface area (Å²) >= 11 is 5.79. The van der Waals surface area contributed by atoms with Crippen molar-refractivity contribution in [3.05, 3.63) is 22.7 Å². The van der Waals surface area contributed by atoms with Crippen LogP contribution in [0.4, 0.5) is 3.89 Å². The number of nitrogens with one attached hydrogen (secondary N) is 1. The number of hydrogen-bond acceptors (Lipinski definition) is 3. The molecule has 0 aliphatic rings. The number of rotatable bonds is 1. The minimum absolute atomic E-state index is 0.199. The number of H-pyrrole nitrogens is 1. The van der Waals surface area contributed by atoms with Crippen molar-refractivity contribution in [2.24, 2.45) is 0 Å². The zero-order chi connectivity index (χ0) is 11.2. The fourth-order valence-corrected chi connectivity index (χ4v) is 2.26. The fourth-order valence-electron chi connectivity index (χ4n) is 1.40. The summed E-state index contributed by atoms with van der Waals surface area (Å²) in [6.07, 6.45) is 0. The molecule has 4 nitrogen and oxygen atoms in total. The Bertz CT molecular complexity index is 635.